The van der Waals surface area contributed by atoms with Crippen LogP contribution in [0, 0.1) is 6.92 Å². The fourth-order valence-corrected chi connectivity index (χ4v) is 3.19. The average Bonchev–Trinajstić information content (AvgIpc) is 2.94. The summed E-state index contributed by atoms with van der Waals surface area (Å²) in [5.74, 6) is 0.969. The van der Waals surface area contributed by atoms with Gasteiger partial charge in [-0.1, -0.05) is 48.9 Å². The zero-order chi connectivity index (χ0) is 17.8. The normalized spacial score (nSPS) is 12.3. The molecule has 0 aliphatic rings. The van der Waals surface area contributed by atoms with E-state index in [1.165, 1.54) is 11.1 Å². The molecule has 1 heterocycles. The Morgan fingerprint density at radius 3 is 2.76 bits per heavy atom. The summed E-state index contributed by atoms with van der Waals surface area (Å²) < 4.78 is 2.21. The molecular weight excluding hydrogens is 310 g/mol. The Labute approximate surface area is 148 Å². The predicted octanol–water partition coefficient (Wildman–Crippen LogP) is 4.37. The van der Waals surface area contributed by atoms with Crippen LogP contribution in [0.5, 0.6) is 0 Å². The molecule has 1 aromatic heterocycles. The highest BCUT2D eigenvalue weighted by Crippen LogP contribution is 2.22. The van der Waals surface area contributed by atoms with E-state index < -0.39 is 0 Å². The Balaban J connectivity index is 1.98. The number of carbonyl (C=O) groups excluding carboxylic acids is 1. The van der Waals surface area contributed by atoms with Crippen LogP contribution in [-0.4, -0.2) is 15.5 Å². The van der Waals surface area contributed by atoms with Gasteiger partial charge in [-0.2, -0.15) is 0 Å². The van der Waals surface area contributed by atoms with Crippen molar-refractivity contribution in [1.82, 2.24) is 14.9 Å². The summed E-state index contributed by atoms with van der Waals surface area (Å²) in [5.41, 5.74) is 4.53. The van der Waals surface area contributed by atoms with Gasteiger partial charge in [0, 0.05) is 13.0 Å². The first-order valence-corrected chi connectivity index (χ1v) is 8.88. The summed E-state index contributed by atoms with van der Waals surface area (Å²) in [6.45, 7) is 6.86. The molecule has 1 amide bonds. The minimum absolute atomic E-state index is 0.0733. The molecule has 2 aromatic carbocycles. The van der Waals surface area contributed by atoms with Crippen molar-refractivity contribution in [3.63, 3.8) is 0 Å². The Kier molecular flexibility index (Phi) is 5.17. The quantitative estimate of drug-likeness (QED) is 0.727. The van der Waals surface area contributed by atoms with Gasteiger partial charge in [-0.25, -0.2) is 4.98 Å². The van der Waals surface area contributed by atoms with E-state index in [1.54, 1.807) is 0 Å². The molecular formula is C21H25N3O. The molecule has 3 aromatic rings. The highest BCUT2D eigenvalue weighted by molar-refractivity contribution is 5.78. The van der Waals surface area contributed by atoms with Gasteiger partial charge < -0.3 is 9.88 Å². The van der Waals surface area contributed by atoms with Crippen molar-refractivity contribution in [2.75, 3.05) is 0 Å². The summed E-state index contributed by atoms with van der Waals surface area (Å²) in [7, 11) is 0. The van der Waals surface area contributed by atoms with Gasteiger partial charge in [-0.15, -0.1) is 0 Å². The second kappa shape index (κ2) is 7.51. The second-order valence-corrected chi connectivity index (χ2v) is 6.57. The zero-order valence-corrected chi connectivity index (χ0v) is 15.1. The standard InChI is InChI=1S/C21H25N3O/c1-4-8-20(25)22-16(3)21-23-18-11-5-6-12-19(18)24(21)14-17-10-7-9-15(2)13-17/h5-7,9-13,16H,4,8,14H2,1-3H3,(H,22,25). The minimum atomic E-state index is -0.128. The predicted molar refractivity (Wildman–Crippen MR) is 101 cm³/mol. The number of amides is 1. The summed E-state index contributed by atoms with van der Waals surface area (Å²) in [6.07, 6.45) is 1.39. The number of aryl methyl sites for hydroxylation is 1. The summed E-state index contributed by atoms with van der Waals surface area (Å²) >= 11 is 0. The van der Waals surface area contributed by atoms with E-state index >= 15 is 0 Å². The number of carbonyl (C=O) groups is 1. The van der Waals surface area contributed by atoms with E-state index in [-0.39, 0.29) is 11.9 Å². The zero-order valence-electron chi connectivity index (χ0n) is 15.1. The molecule has 3 rings (SSSR count). The molecule has 1 N–H and O–H groups in total. The highest BCUT2D eigenvalue weighted by Gasteiger charge is 2.18. The van der Waals surface area contributed by atoms with E-state index in [0.717, 1.165) is 29.8 Å². The number of para-hydroxylation sites is 2. The molecule has 0 bridgehead atoms. The van der Waals surface area contributed by atoms with Gasteiger partial charge in [0.05, 0.1) is 17.1 Å². The van der Waals surface area contributed by atoms with Gasteiger partial charge in [-0.05, 0) is 38.0 Å². The molecule has 0 spiro atoms. The summed E-state index contributed by atoms with van der Waals surface area (Å²) in [5, 5.41) is 3.07. The highest BCUT2D eigenvalue weighted by atomic mass is 16.1. The number of benzene rings is 2. The minimum Gasteiger partial charge on any atom is -0.346 e. The van der Waals surface area contributed by atoms with Gasteiger partial charge in [0.2, 0.25) is 5.91 Å². The summed E-state index contributed by atoms with van der Waals surface area (Å²) in [6, 6.07) is 16.5. The number of nitrogens with one attached hydrogen (secondary N) is 1. The van der Waals surface area contributed by atoms with E-state index in [1.807, 2.05) is 32.0 Å². The van der Waals surface area contributed by atoms with E-state index in [0.29, 0.717) is 6.42 Å². The van der Waals surface area contributed by atoms with Crippen molar-refractivity contribution in [1.29, 1.82) is 0 Å². The summed E-state index contributed by atoms with van der Waals surface area (Å²) in [4.78, 5) is 16.8. The molecule has 1 atom stereocenters. The fourth-order valence-electron chi connectivity index (χ4n) is 3.19. The Hall–Kier alpha value is -2.62. The average molecular weight is 335 g/mol. The van der Waals surface area contributed by atoms with Gasteiger partial charge in [0.25, 0.3) is 0 Å². The third-order valence-corrected chi connectivity index (χ3v) is 4.35. The van der Waals surface area contributed by atoms with Crippen molar-refractivity contribution in [3.05, 3.63) is 65.5 Å². The molecule has 0 aliphatic carbocycles. The first kappa shape index (κ1) is 17.2. The molecule has 0 fully saturated rings. The third kappa shape index (κ3) is 3.90. The molecule has 4 heteroatoms. The van der Waals surface area contributed by atoms with Gasteiger partial charge >= 0.3 is 0 Å². The van der Waals surface area contributed by atoms with Crippen molar-refractivity contribution >= 4 is 16.9 Å². The first-order valence-electron chi connectivity index (χ1n) is 8.88. The van der Waals surface area contributed by atoms with Crippen molar-refractivity contribution in [3.8, 4) is 0 Å². The number of rotatable bonds is 6. The molecule has 0 saturated carbocycles. The van der Waals surface area contributed by atoms with Crippen LogP contribution in [0.2, 0.25) is 0 Å². The van der Waals surface area contributed by atoms with Crippen molar-refractivity contribution in [2.45, 2.75) is 46.2 Å². The molecule has 25 heavy (non-hydrogen) atoms. The topological polar surface area (TPSA) is 46.9 Å². The lowest BCUT2D eigenvalue weighted by Gasteiger charge is -2.16. The van der Waals surface area contributed by atoms with E-state index in [4.69, 9.17) is 4.98 Å². The van der Waals surface area contributed by atoms with Crippen LogP contribution in [0.4, 0.5) is 0 Å². The van der Waals surface area contributed by atoms with Crippen LogP contribution in [0.25, 0.3) is 11.0 Å². The molecule has 0 aliphatic heterocycles. The Morgan fingerprint density at radius 1 is 1.20 bits per heavy atom. The van der Waals surface area contributed by atoms with Crippen molar-refractivity contribution < 1.29 is 4.79 Å². The smallest absolute Gasteiger partial charge is 0.220 e. The number of hydrogen-bond donors (Lipinski definition) is 1. The molecule has 1 unspecified atom stereocenters. The lowest BCUT2D eigenvalue weighted by Crippen LogP contribution is -2.28. The van der Waals surface area contributed by atoms with Crippen LogP contribution in [0.3, 0.4) is 0 Å². The van der Waals surface area contributed by atoms with Crippen LogP contribution in [-0.2, 0) is 11.3 Å². The number of hydrogen-bond acceptors (Lipinski definition) is 2. The Morgan fingerprint density at radius 2 is 2.00 bits per heavy atom. The molecule has 4 nitrogen and oxygen atoms in total. The molecule has 0 saturated heterocycles. The molecule has 130 valence electrons. The van der Waals surface area contributed by atoms with E-state index in [2.05, 4.69) is 47.1 Å². The maximum atomic E-state index is 12.0. The Bertz CT molecular complexity index is 882. The van der Waals surface area contributed by atoms with E-state index in [9.17, 15) is 4.79 Å². The lowest BCUT2D eigenvalue weighted by atomic mass is 10.1. The van der Waals surface area contributed by atoms with Crippen LogP contribution in [0.15, 0.2) is 48.5 Å². The first-order chi connectivity index (χ1) is 12.1. The number of imidazole rings is 1. The fraction of sp³-hybridized carbons (Fsp3) is 0.333. The largest absolute Gasteiger partial charge is 0.346 e. The molecule has 0 radical (unpaired) electrons. The third-order valence-electron chi connectivity index (χ3n) is 4.35. The van der Waals surface area contributed by atoms with Gasteiger partial charge in [0.1, 0.15) is 5.82 Å². The van der Waals surface area contributed by atoms with Gasteiger partial charge in [-0.3, -0.25) is 4.79 Å². The lowest BCUT2D eigenvalue weighted by molar-refractivity contribution is -0.121. The van der Waals surface area contributed by atoms with Crippen LogP contribution in [0.1, 0.15) is 49.7 Å². The number of fused-ring (bicyclic) bond motifs is 1. The number of aromatic nitrogens is 2. The second-order valence-electron chi connectivity index (χ2n) is 6.57. The van der Waals surface area contributed by atoms with Crippen molar-refractivity contribution in [2.24, 2.45) is 0 Å². The maximum absolute atomic E-state index is 12.0. The van der Waals surface area contributed by atoms with Crippen LogP contribution >= 0.6 is 0 Å². The maximum Gasteiger partial charge on any atom is 0.220 e. The SMILES string of the molecule is CCCC(=O)NC(C)c1nc2ccccc2n1Cc1cccc(C)c1. The van der Waals surface area contributed by atoms with Gasteiger partial charge in [0.15, 0.2) is 0 Å². The van der Waals surface area contributed by atoms with Crippen LogP contribution < -0.4 is 5.32 Å². The number of nitrogens with zero attached hydrogens (tertiary/aromatic N) is 2. The monoisotopic (exact) mass is 335 g/mol.